The van der Waals surface area contributed by atoms with E-state index in [1.54, 1.807) is 11.8 Å². The van der Waals surface area contributed by atoms with Crippen molar-refractivity contribution in [1.29, 1.82) is 0 Å². The van der Waals surface area contributed by atoms with Crippen molar-refractivity contribution in [3.8, 4) is 0 Å². The van der Waals surface area contributed by atoms with Gasteiger partial charge in [0.05, 0.1) is 11.0 Å². The molecule has 2 N–H and O–H groups in total. The summed E-state index contributed by atoms with van der Waals surface area (Å²) < 4.78 is 0. The first kappa shape index (κ1) is 16.4. The molecule has 5 heteroatoms. The molecule has 3 aromatic carbocycles. The van der Waals surface area contributed by atoms with E-state index in [0.717, 1.165) is 32.3 Å². The molecule has 4 aromatic rings. The Labute approximate surface area is 155 Å². The molecule has 0 aliphatic carbocycles. The molecule has 0 unspecified atom stereocenters. The van der Waals surface area contributed by atoms with Gasteiger partial charge in [0.15, 0.2) is 5.16 Å². The third kappa shape index (κ3) is 3.63. The Balaban J connectivity index is 1.45. The van der Waals surface area contributed by atoms with Gasteiger partial charge in [0.2, 0.25) is 0 Å². The maximum Gasteiger partial charge on any atom is 0.255 e. The normalized spacial score (nSPS) is 10.8. The van der Waals surface area contributed by atoms with Crippen molar-refractivity contribution in [1.82, 2.24) is 9.97 Å². The first-order valence-electron chi connectivity index (χ1n) is 8.28. The molecule has 0 aliphatic rings. The van der Waals surface area contributed by atoms with E-state index in [1.165, 1.54) is 0 Å². The van der Waals surface area contributed by atoms with Gasteiger partial charge in [-0.3, -0.25) is 4.79 Å². The van der Waals surface area contributed by atoms with E-state index in [4.69, 9.17) is 0 Å². The van der Waals surface area contributed by atoms with E-state index >= 15 is 0 Å². The number of aryl methyl sites for hydroxylation is 1. The van der Waals surface area contributed by atoms with Crippen LogP contribution in [0, 0.1) is 6.92 Å². The zero-order valence-electron chi connectivity index (χ0n) is 14.2. The van der Waals surface area contributed by atoms with Crippen LogP contribution in [0.15, 0.2) is 82.8 Å². The third-order valence-corrected chi connectivity index (χ3v) is 4.87. The molecule has 0 spiro atoms. The van der Waals surface area contributed by atoms with Crippen molar-refractivity contribution in [2.45, 2.75) is 17.0 Å². The van der Waals surface area contributed by atoms with Crippen LogP contribution < -0.4 is 5.32 Å². The smallest absolute Gasteiger partial charge is 0.255 e. The quantitative estimate of drug-likeness (QED) is 0.521. The SMILES string of the molecule is Cc1cccc(C(=O)Nc2ccc(Sc3nc4ccccc4[nH]3)cc2)c1. The first-order valence-corrected chi connectivity index (χ1v) is 9.10. The van der Waals surface area contributed by atoms with Crippen molar-refractivity contribution < 1.29 is 4.79 Å². The number of aromatic nitrogens is 2. The van der Waals surface area contributed by atoms with Gasteiger partial charge in [-0.05, 0) is 55.5 Å². The average Bonchev–Trinajstić information content (AvgIpc) is 3.05. The minimum atomic E-state index is -0.105. The van der Waals surface area contributed by atoms with Gasteiger partial charge in [0.25, 0.3) is 5.91 Å². The number of imidazole rings is 1. The number of H-pyrrole nitrogens is 1. The molecular weight excluding hydrogens is 342 g/mol. The number of benzene rings is 3. The Morgan fingerprint density at radius 1 is 1.00 bits per heavy atom. The van der Waals surface area contributed by atoms with Crippen LogP contribution >= 0.6 is 11.8 Å². The lowest BCUT2D eigenvalue weighted by Crippen LogP contribution is -2.11. The molecule has 0 atom stereocenters. The van der Waals surface area contributed by atoms with Gasteiger partial charge >= 0.3 is 0 Å². The number of para-hydroxylation sites is 2. The minimum absolute atomic E-state index is 0.105. The summed E-state index contributed by atoms with van der Waals surface area (Å²) in [5, 5.41) is 3.78. The largest absolute Gasteiger partial charge is 0.333 e. The number of carbonyl (C=O) groups excluding carboxylic acids is 1. The number of anilines is 1. The summed E-state index contributed by atoms with van der Waals surface area (Å²) in [6, 6.07) is 23.3. The number of carbonyl (C=O) groups is 1. The number of amides is 1. The molecule has 0 bridgehead atoms. The second-order valence-electron chi connectivity index (χ2n) is 6.01. The van der Waals surface area contributed by atoms with E-state index in [0.29, 0.717) is 5.56 Å². The van der Waals surface area contributed by atoms with Crippen molar-refractivity contribution in [2.75, 3.05) is 5.32 Å². The van der Waals surface area contributed by atoms with Crippen LogP contribution in [0.4, 0.5) is 5.69 Å². The predicted octanol–water partition coefficient (Wildman–Crippen LogP) is 5.27. The maximum atomic E-state index is 12.3. The molecule has 1 aromatic heterocycles. The fraction of sp³-hybridized carbons (Fsp3) is 0.0476. The highest BCUT2D eigenvalue weighted by Crippen LogP contribution is 2.28. The van der Waals surface area contributed by atoms with E-state index in [-0.39, 0.29) is 5.91 Å². The highest BCUT2D eigenvalue weighted by atomic mass is 32.2. The number of fused-ring (bicyclic) bond motifs is 1. The van der Waals surface area contributed by atoms with E-state index in [2.05, 4.69) is 15.3 Å². The topological polar surface area (TPSA) is 57.8 Å². The lowest BCUT2D eigenvalue weighted by Gasteiger charge is -2.06. The lowest BCUT2D eigenvalue weighted by molar-refractivity contribution is 0.102. The Kier molecular flexibility index (Phi) is 4.46. The number of rotatable bonds is 4. The summed E-state index contributed by atoms with van der Waals surface area (Å²) in [4.78, 5) is 21.2. The first-order chi connectivity index (χ1) is 12.7. The molecule has 0 saturated carbocycles. The summed E-state index contributed by atoms with van der Waals surface area (Å²) in [6.45, 7) is 1.97. The van der Waals surface area contributed by atoms with Crippen molar-refractivity contribution in [3.05, 3.63) is 83.9 Å². The third-order valence-electron chi connectivity index (χ3n) is 3.97. The zero-order chi connectivity index (χ0) is 17.9. The monoisotopic (exact) mass is 359 g/mol. The fourth-order valence-corrected chi connectivity index (χ4v) is 3.49. The van der Waals surface area contributed by atoms with Gasteiger partial charge in [0, 0.05) is 16.1 Å². The number of aromatic amines is 1. The molecule has 0 radical (unpaired) electrons. The van der Waals surface area contributed by atoms with Crippen LogP contribution in [0.25, 0.3) is 11.0 Å². The Bertz CT molecular complexity index is 1040. The van der Waals surface area contributed by atoms with Gasteiger partial charge < -0.3 is 10.3 Å². The number of hydrogen-bond acceptors (Lipinski definition) is 3. The standard InChI is InChI=1S/C21H17N3OS/c1-14-5-4-6-15(13-14)20(25)22-16-9-11-17(12-10-16)26-21-23-18-7-2-3-8-19(18)24-21/h2-13H,1H3,(H,22,25)(H,23,24). The van der Waals surface area contributed by atoms with E-state index < -0.39 is 0 Å². The van der Waals surface area contributed by atoms with E-state index in [9.17, 15) is 4.79 Å². The molecule has 0 fully saturated rings. The van der Waals surface area contributed by atoms with Crippen LogP contribution in [-0.4, -0.2) is 15.9 Å². The number of hydrogen-bond donors (Lipinski definition) is 2. The second-order valence-corrected chi connectivity index (χ2v) is 7.07. The summed E-state index contributed by atoms with van der Waals surface area (Å²) in [7, 11) is 0. The number of nitrogens with zero attached hydrogens (tertiary/aromatic N) is 1. The average molecular weight is 359 g/mol. The highest BCUT2D eigenvalue weighted by molar-refractivity contribution is 7.99. The minimum Gasteiger partial charge on any atom is -0.333 e. The van der Waals surface area contributed by atoms with Crippen LogP contribution in [0.2, 0.25) is 0 Å². The van der Waals surface area contributed by atoms with Crippen LogP contribution in [0.1, 0.15) is 15.9 Å². The van der Waals surface area contributed by atoms with Gasteiger partial charge in [-0.15, -0.1) is 0 Å². The number of nitrogens with one attached hydrogen (secondary N) is 2. The van der Waals surface area contributed by atoms with E-state index in [1.807, 2.05) is 79.7 Å². The molecule has 0 aliphatic heterocycles. The molecule has 4 nitrogen and oxygen atoms in total. The Morgan fingerprint density at radius 3 is 2.58 bits per heavy atom. The molecule has 128 valence electrons. The van der Waals surface area contributed by atoms with Crippen LogP contribution in [0.5, 0.6) is 0 Å². The van der Waals surface area contributed by atoms with Crippen molar-refractivity contribution >= 4 is 34.4 Å². The lowest BCUT2D eigenvalue weighted by atomic mass is 10.1. The predicted molar refractivity (Wildman–Crippen MR) is 106 cm³/mol. The summed E-state index contributed by atoms with van der Waals surface area (Å²) in [6.07, 6.45) is 0. The molecule has 0 saturated heterocycles. The van der Waals surface area contributed by atoms with Gasteiger partial charge in [-0.25, -0.2) is 4.98 Å². The molecular formula is C21H17N3OS. The Morgan fingerprint density at radius 2 is 1.81 bits per heavy atom. The molecule has 1 amide bonds. The Hall–Kier alpha value is -3.05. The highest BCUT2D eigenvalue weighted by Gasteiger charge is 2.07. The van der Waals surface area contributed by atoms with Crippen LogP contribution in [-0.2, 0) is 0 Å². The van der Waals surface area contributed by atoms with Crippen molar-refractivity contribution in [2.24, 2.45) is 0 Å². The summed E-state index contributed by atoms with van der Waals surface area (Å²) in [5.74, 6) is -0.105. The van der Waals surface area contributed by atoms with Crippen molar-refractivity contribution in [3.63, 3.8) is 0 Å². The fourth-order valence-electron chi connectivity index (χ4n) is 2.69. The molecule has 26 heavy (non-hydrogen) atoms. The van der Waals surface area contributed by atoms with Gasteiger partial charge in [0.1, 0.15) is 0 Å². The van der Waals surface area contributed by atoms with Gasteiger partial charge in [-0.1, -0.05) is 41.6 Å². The zero-order valence-corrected chi connectivity index (χ0v) is 15.0. The molecule has 4 rings (SSSR count). The van der Waals surface area contributed by atoms with Gasteiger partial charge in [-0.2, -0.15) is 0 Å². The second kappa shape index (κ2) is 7.06. The summed E-state index contributed by atoms with van der Waals surface area (Å²) in [5.41, 5.74) is 4.47. The maximum absolute atomic E-state index is 12.3. The van der Waals surface area contributed by atoms with Crippen LogP contribution in [0.3, 0.4) is 0 Å². The molecule has 1 heterocycles. The summed E-state index contributed by atoms with van der Waals surface area (Å²) >= 11 is 1.56.